The van der Waals surface area contributed by atoms with E-state index in [4.69, 9.17) is 5.11 Å². The van der Waals surface area contributed by atoms with Gasteiger partial charge in [-0.1, -0.05) is 6.92 Å². The highest BCUT2D eigenvalue weighted by atomic mass is 16.3. The minimum Gasteiger partial charge on any atom is -0.392 e. The van der Waals surface area contributed by atoms with Crippen molar-refractivity contribution in [3.63, 3.8) is 0 Å². The second kappa shape index (κ2) is 3.87. The molecule has 0 rings (SSSR count). The molecule has 0 spiro atoms. The van der Waals surface area contributed by atoms with E-state index in [1.807, 2.05) is 20.9 Å². The van der Waals surface area contributed by atoms with E-state index in [2.05, 4.69) is 5.32 Å². The van der Waals surface area contributed by atoms with Crippen LogP contribution in [0.4, 0.5) is 0 Å². The Morgan fingerprint density at radius 3 is 2.25 bits per heavy atom. The topological polar surface area (TPSA) is 32.3 Å². The van der Waals surface area contributed by atoms with Crippen LogP contribution in [0, 0.1) is 0 Å². The van der Waals surface area contributed by atoms with Crippen molar-refractivity contribution in [2.75, 3.05) is 7.05 Å². The molecule has 0 aliphatic carbocycles. The van der Waals surface area contributed by atoms with Crippen molar-refractivity contribution in [2.24, 2.45) is 0 Å². The standard InChI is InChI=1S/C6H15NO/c1-4-6(8)5(2)7-3/h5-8H,4H2,1-3H3/t5-,6+/m1/s1. The molecule has 0 amide bonds. The van der Waals surface area contributed by atoms with Crippen LogP contribution in [0.3, 0.4) is 0 Å². The van der Waals surface area contributed by atoms with Crippen molar-refractivity contribution in [1.82, 2.24) is 5.32 Å². The molecule has 0 radical (unpaired) electrons. The molecule has 0 bridgehead atoms. The van der Waals surface area contributed by atoms with Crippen LogP contribution in [-0.2, 0) is 0 Å². The van der Waals surface area contributed by atoms with Crippen LogP contribution in [0.15, 0.2) is 0 Å². The normalized spacial score (nSPS) is 18.0. The Morgan fingerprint density at radius 2 is 2.12 bits per heavy atom. The Bertz CT molecular complexity index is 48.5. The van der Waals surface area contributed by atoms with Gasteiger partial charge in [-0.25, -0.2) is 0 Å². The zero-order valence-corrected chi connectivity index (χ0v) is 5.81. The van der Waals surface area contributed by atoms with Crippen LogP contribution in [0.25, 0.3) is 0 Å². The smallest absolute Gasteiger partial charge is 0.0687 e. The Hall–Kier alpha value is -0.0800. The van der Waals surface area contributed by atoms with Crippen LogP contribution >= 0.6 is 0 Å². The number of nitrogens with one attached hydrogen (secondary N) is 1. The summed E-state index contributed by atoms with van der Waals surface area (Å²) in [6, 6.07) is 0.222. The van der Waals surface area contributed by atoms with Crippen molar-refractivity contribution >= 4 is 0 Å². The van der Waals surface area contributed by atoms with Crippen molar-refractivity contribution < 1.29 is 5.11 Å². The van der Waals surface area contributed by atoms with Gasteiger partial charge in [-0.05, 0) is 20.4 Å². The lowest BCUT2D eigenvalue weighted by Gasteiger charge is -2.15. The molecule has 2 heteroatoms. The van der Waals surface area contributed by atoms with Gasteiger partial charge in [0.2, 0.25) is 0 Å². The number of hydrogen-bond donors (Lipinski definition) is 2. The van der Waals surface area contributed by atoms with E-state index in [0.29, 0.717) is 0 Å². The highest BCUT2D eigenvalue weighted by Crippen LogP contribution is 1.94. The average molecular weight is 117 g/mol. The molecule has 50 valence electrons. The van der Waals surface area contributed by atoms with E-state index in [9.17, 15) is 0 Å². The minimum atomic E-state index is -0.194. The van der Waals surface area contributed by atoms with Gasteiger partial charge >= 0.3 is 0 Å². The first-order chi connectivity index (χ1) is 3.72. The molecule has 0 aliphatic heterocycles. The maximum absolute atomic E-state index is 9.06. The molecule has 0 aromatic carbocycles. The summed E-state index contributed by atoms with van der Waals surface area (Å²) in [5.74, 6) is 0. The van der Waals surface area contributed by atoms with Crippen LogP contribution in [0.5, 0.6) is 0 Å². The Balaban J connectivity index is 3.29. The van der Waals surface area contributed by atoms with E-state index in [1.54, 1.807) is 0 Å². The maximum Gasteiger partial charge on any atom is 0.0687 e. The van der Waals surface area contributed by atoms with Crippen molar-refractivity contribution in [3.05, 3.63) is 0 Å². The van der Waals surface area contributed by atoms with Crippen LogP contribution in [0.1, 0.15) is 20.3 Å². The molecule has 0 aliphatic rings. The third kappa shape index (κ3) is 2.28. The van der Waals surface area contributed by atoms with Gasteiger partial charge < -0.3 is 10.4 Å². The van der Waals surface area contributed by atoms with E-state index >= 15 is 0 Å². The van der Waals surface area contributed by atoms with E-state index in [-0.39, 0.29) is 12.1 Å². The number of aliphatic hydroxyl groups is 1. The minimum absolute atomic E-state index is 0.194. The summed E-state index contributed by atoms with van der Waals surface area (Å²) in [5, 5.41) is 12.0. The lowest BCUT2D eigenvalue weighted by Crippen LogP contribution is -2.33. The highest BCUT2D eigenvalue weighted by Gasteiger charge is 2.07. The molecule has 0 unspecified atom stereocenters. The Labute approximate surface area is 50.9 Å². The van der Waals surface area contributed by atoms with Crippen molar-refractivity contribution in [1.29, 1.82) is 0 Å². The molecular weight excluding hydrogens is 102 g/mol. The molecule has 0 aromatic heterocycles. The molecule has 2 N–H and O–H groups in total. The van der Waals surface area contributed by atoms with E-state index < -0.39 is 0 Å². The van der Waals surface area contributed by atoms with Crippen LogP contribution in [-0.4, -0.2) is 24.3 Å². The molecule has 0 saturated heterocycles. The number of rotatable bonds is 3. The molecule has 2 atom stereocenters. The van der Waals surface area contributed by atoms with E-state index in [1.165, 1.54) is 0 Å². The number of hydrogen-bond acceptors (Lipinski definition) is 2. The maximum atomic E-state index is 9.06. The van der Waals surface area contributed by atoms with Gasteiger partial charge in [0, 0.05) is 6.04 Å². The summed E-state index contributed by atoms with van der Waals surface area (Å²) < 4.78 is 0. The van der Waals surface area contributed by atoms with Crippen LogP contribution in [0.2, 0.25) is 0 Å². The van der Waals surface area contributed by atoms with Gasteiger partial charge in [-0.15, -0.1) is 0 Å². The molecular formula is C6H15NO. The first-order valence-corrected chi connectivity index (χ1v) is 3.07. The highest BCUT2D eigenvalue weighted by molar-refractivity contribution is 4.65. The lowest BCUT2D eigenvalue weighted by molar-refractivity contribution is 0.134. The van der Waals surface area contributed by atoms with Crippen molar-refractivity contribution in [3.8, 4) is 0 Å². The zero-order valence-electron chi connectivity index (χ0n) is 5.81. The summed E-state index contributed by atoms with van der Waals surface area (Å²) in [6.07, 6.45) is 0.627. The summed E-state index contributed by atoms with van der Waals surface area (Å²) in [6.45, 7) is 3.94. The van der Waals surface area contributed by atoms with Gasteiger partial charge in [-0.2, -0.15) is 0 Å². The predicted molar refractivity (Wildman–Crippen MR) is 34.8 cm³/mol. The number of aliphatic hydroxyl groups excluding tert-OH is 1. The second-order valence-electron chi connectivity index (χ2n) is 2.05. The summed E-state index contributed by atoms with van der Waals surface area (Å²) in [4.78, 5) is 0. The predicted octanol–water partition coefficient (Wildman–Crippen LogP) is 0.365. The average Bonchev–Trinajstić information content (AvgIpc) is 1.84. The summed E-state index contributed by atoms with van der Waals surface area (Å²) >= 11 is 0. The largest absolute Gasteiger partial charge is 0.392 e. The molecule has 0 saturated carbocycles. The first kappa shape index (κ1) is 7.92. The molecule has 0 fully saturated rings. The fourth-order valence-electron chi connectivity index (χ4n) is 0.546. The monoisotopic (exact) mass is 117 g/mol. The lowest BCUT2D eigenvalue weighted by atomic mass is 10.1. The quantitative estimate of drug-likeness (QED) is 0.559. The van der Waals surface area contributed by atoms with Gasteiger partial charge in [0.1, 0.15) is 0 Å². The second-order valence-corrected chi connectivity index (χ2v) is 2.05. The zero-order chi connectivity index (χ0) is 6.57. The molecule has 0 heterocycles. The first-order valence-electron chi connectivity index (χ1n) is 3.07. The van der Waals surface area contributed by atoms with Gasteiger partial charge in [0.25, 0.3) is 0 Å². The van der Waals surface area contributed by atoms with Gasteiger partial charge in [-0.3, -0.25) is 0 Å². The molecule has 2 nitrogen and oxygen atoms in total. The van der Waals surface area contributed by atoms with Crippen molar-refractivity contribution in [2.45, 2.75) is 32.4 Å². The fraction of sp³-hybridized carbons (Fsp3) is 1.00. The third-order valence-electron chi connectivity index (χ3n) is 1.45. The molecule has 0 aromatic rings. The van der Waals surface area contributed by atoms with Gasteiger partial charge in [0.05, 0.1) is 6.10 Å². The fourth-order valence-corrected chi connectivity index (χ4v) is 0.546. The van der Waals surface area contributed by atoms with Gasteiger partial charge in [0.15, 0.2) is 0 Å². The molecule has 8 heavy (non-hydrogen) atoms. The SMILES string of the molecule is CC[C@H](O)[C@@H](C)NC. The Morgan fingerprint density at radius 1 is 1.62 bits per heavy atom. The number of likely N-dealkylation sites (N-methyl/N-ethyl adjacent to an activating group) is 1. The van der Waals surface area contributed by atoms with Crippen LogP contribution < -0.4 is 5.32 Å². The third-order valence-corrected chi connectivity index (χ3v) is 1.45. The van der Waals surface area contributed by atoms with E-state index in [0.717, 1.165) is 6.42 Å². The summed E-state index contributed by atoms with van der Waals surface area (Å²) in [5.41, 5.74) is 0. The Kier molecular flexibility index (Phi) is 3.83. The summed E-state index contributed by atoms with van der Waals surface area (Å²) in [7, 11) is 1.85.